The molecule has 1 aromatic heterocycles. The van der Waals surface area contributed by atoms with Gasteiger partial charge in [0.1, 0.15) is 0 Å². The van der Waals surface area contributed by atoms with Gasteiger partial charge in [0.25, 0.3) is 0 Å². The first-order valence-electron chi connectivity index (χ1n) is 6.82. The minimum atomic E-state index is -0.599. The monoisotopic (exact) mass is 342 g/mol. The standard InChI is InChI=1S/C15H25BrNOSi/c1-15(2,3)12(11-18-19(4)5)6-8-14-9-7-13(16)10-17-14/h7,9-10,12H,6,8,11H2,1-5H3. The molecule has 0 bridgehead atoms. The fraction of sp³-hybridized carbons (Fsp3) is 0.667. The van der Waals surface area contributed by atoms with Crippen LogP contribution in [-0.4, -0.2) is 20.6 Å². The number of hydrogen-bond donors (Lipinski definition) is 0. The molecule has 1 atom stereocenters. The highest BCUT2D eigenvalue weighted by Gasteiger charge is 2.25. The van der Waals surface area contributed by atoms with E-state index in [1.807, 2.05) is 6.20 Å². The van der Waals surface area contributed by atoms with Gasteiger partial charge in [0.2, 0.25) is 9.04 Å². The predicted molar refractivity (Wildman–Crippen MR) is 86.6 cm³/mol. The highest BCUT2D eigenvalue weighted by atomic mass is 79.9. The largest absolute Gasteiger partial charge is 0.417 e. The molecule has 0 aliphatic heterocycles. The van der Waals surface area contributed by atoms with Crippen molar-refractivity contribution in [2.75, 3.05) is 6.61 Å². The quantitative estimate of drug-likeness (QED) is 0.698. The molecule has 1 radical (unpaired) electrons. The van der Waals surface area contributed by atoms with Gasteiger partial charge in [-0.1, -0.05) is 20.8 Å². The van der Waals surface area contributed by atoms with Crippen molar-refractivity contribution >= 4 is 25.0 Å². The number of hydrogen-bond acceptors (Lipinski definition) is 2. The number of halogens is 1. The summed E-state index contributed by atoms with van der Waals surface area (Å²) in [5.41, 5.74) is 1.45. The van der Waals surface area contributed by atoms with Gasteiger partial charge >= 0.3 is 0 Å². The first kappa shape index (κ1) is 16.9. The van der Waals surface area contributed by atoms with Crippen molar-refractivity contribution < 1.29 is 4.43 Å². The Morgan fingerprint density at radius 3 is 2.47 bits per heavy atom. The highest BCUT2D eigenvalue weighted by Crippen LogP contribution is 2.30. The smallest absolute Gasteiger partial charge is 0.204 e. The first-order valence-corrected chi connectivity index (χ1v) is 10.0. The Hall–Kier alpha value is -0.193. The fourth-order valence-electron chi connectivity index (χ4n) is 1.91. The van der Waals surface area contributed by atoms with Crippen molar-refractivity contribution in [3.8, 4) is 0 Å². The van der Waals surface area contributed by atoms with Gasteiger partial charge in [-0.15, -0.1) is 0 Å². The maximum atomic E-state index is 5.91. The lowest BCUT2D eigenvalue weighted by atomic mass is 9.78. The van der Waals surface area contributed by atoms with Gasteiger partial charge in [0, 0.05) is 23.0 Å². The molecule has 107 valence electrons. The fourth-order valence-corrected chi connectivity index (χ4v) is 2.68. The molecule has 1 aromatic rings. The van der Waals surface area contributed by atoms with Crippen molar-refractivity contribution in [2.45, 2.75) is 46.7 Å². The maximum absolute atomic E-state index is 5.91. The average Bonchev–Trinajstić information content (AvgIpc) is 2.29. The minimum absolute atomic E-state index is 0.284. The van der Waals surface area contributed by atoms with Gasteiger partial charge in [0.05, 0.1) is 0 Å². The molecular formula is C15H25BrNOSi. The summed E-state index contributed by atoms with van der Waals surface area (Å²) in [5.74, 6) is 0.581. The average molecular weight is 343 g/mol. The van der Waals surface area contributed by atoms with Crippen LogP contribution in [0.15, 0.2) is 22.8 Å². The summed E-state index contributed by atoms with van der Waals surface area (Å²) in [6, 6.07) is 4.16. The van der Waals surface area contributed by atoms with Crippen molar-refractivity contribution in [3.05, 3.63) is 28.5 Å². The molecule has 0 aliphatic carbocycles. The van der Waals surface area contributed by atoms with Crippen molar-refractivity contribution in [3.63, 3.8) is 0 Å². The number of rotatable bonds is 6. The Kier molecular flexibility index (Phi) is 6.70. The zero-order valence-electron chi connectivity index (χ0n) is 12.7. The second-order valence-corrected chi connectivity index (χ2v) is 9.31. The molecule has 0 aliphatic rings. The third-order valence-electron chi connectivity index (χ3n) is 3.34. The van der Waals surface area contributed by atoms with E-state index in [9.17, 15) is 0 Å². The minimum Gasteiger partial charge on any atom is -0.417 e. The van der Waals surface area contributed by atoms with Crippen LogP contribution in [0.3, 0.4) is 0 Å². The predicted octanol–water partition coefficient (Wildman–Crippen LogP) is 4.71. The normalized spacial score (nSPS) is 13.8. The van der Waals surface area contributed by atoms with Crippen LogP contribution in [0.4, 0.5) is 0 Å². The van der Waals surface area contributed by atoms with E-state index in [1.54, 1.807) is 0 Å². The summed E-state index contributed by atoms with van der Waals surface area (Å²) in [6.45, 7) is 12.2. The van der Waals surface area contributed by atoms with E-state index >= 15 is 0 Å². The summed E-state index contributed by atoms with van der Waals surface area (Å²) in [7, 11) is -0.599. The Balaban J connectivity index is 2.55. The first-order chi connectivity index (χ1) is 8.79. The number of nitrogens with zero attached hydrogens (tertiary/aromatic N) is 1. The lowest BCUT2D eigenvalue weighted by molar-refractivity contribution is 0.138. The third kappa shape index (κ3) is 6.68. The van der Waals surface area contributed by atoms with Crippen molar-refractivity contribution in [1.82, 2.24) is 4.98 Å². The summed E-state index contributed by atoms with van der Waals surface area (Å²) in [6.07, 6.45) is 4.03. The Bertz CT molecular complexity index is 373. The zero-order valence-corrected chi connectivity index (χ0v) is 15.3. The highest BCUT2D eigenvalue weighted by molar-refractivity contribution is 9.10. The molecule has 0 saturated heterocycles. The van der Waals surface area contributed by atoms with E-state index < -0.39 is 9.04 Å². The van der Waals surface area contributed by atoms with Crippen LogP contribution in [0.25, 0.3) is 0 Å². The van der Waals surface area contributed by atoms with Gasteiger partial charge in [0.15, 0.2) is 0 Å². The van der Waals surface area contributed by atoms with E-state index in [2.05, 4.69) is 66.9 Å². The molecule has 4 heteroatoms. The van der Waals surface area contributed by atoms with E-state index in [0.29, 0.717) is 5.92 Å². The molecule has 19 heavy (non-hydrogen) atoms. The van der Waals surface area contributed by atoms with Crippen LogP contribution in [0.1, 0.15) is 32.9 Å². The molecule has 0 fully saturated rings. The van der Waals surface area contributed by atoms with Crippen molar-refractivity contribution in [2.24, 2.45) is 11.3 Å². The molecule has 1 rings (SSSR count). The van der Waals surface area contributed by atoms with E-state index in [4.69, 9.17) is 4.43 Å². The van der Waals surface area contributed by atoms with Gasteiger partial charge < -0.3 is 4.43 Å². The van der Waals surface area contributed by atoms with Crippen LogP contribution < -0.4 is 0 Å². The zero-order chi connectivity index (χ0) is 14.5. The lowest BCUT2D eigenvalue weighted by Gasteiger charge is -2.31. The van der Waals surface area contributed by atoms with Gasteiger partial charge in [-0.25, -0.2) is 0 Å². The van der Waals surface area contributed by atoms with Crippen LogP contribution in [0, 0.1) is 11.3 Å². The second-order valence-electron chi connectivity index (χ2n) is 6.29. The van der Waals surface area contributed by atoms with E-state index in [1.165, 1.54) is 0 Å². The van der Waals surface area contributed by atoms with E-state index in [0.717, 1.165) is 29.6 Å². The molecule has 0 spiro atoms. The Morgan fingerprint density at radius 1 is 1.32 bits per heavy atom. The molecular weight excluding hydrogens is 318 g/mol. The van der Waals surface area contributed by atoms with Gasteiger partial charge in [-0.2, -0.15) is 0 Å². The molecule has 0 amide bonds. The molecule has 2 nitrogen and oxygen atoms in total. The summed E-state index contributed by atoms with van der Waals surface area (Å²) in [5, 5.41) is 0. The second kappa shape index (κ2) is 7.55. The van der Waals surface area contributed by atoms with Crippen molar-refractivity contribution in [1.29, 1.82) is 0 Å². The van der Waals surface area contributed by atoms with Crippen LogP contribution >= 0.6 is 15.9 Å². The van der Waals surface area contributed by atoms with E-state index in [-0.39, 0.29) is 5.41 Å². The SMILES string of the molecule is C[Si](C)OCC(CCc1ccc(Br)cn1)C(C)(C)C. The van der Waals surface area contributed by atoms with Gasteiger partial charge in [-0.05, 0) is 65.3 Å². The number of aromatic nitrogens is 1. The molecule has 0 aromatic carbocycles. The molecule has 1 heterocycles. The Labute approximate surface area is 127 Å². The Morgan fingerprint density at radius 2 is 2.00 bits per heavy atom. The topological polar surface area (TPSA) is 22.1 Å². The third-order valence-corrected chi connectivity index (χ3v) is 4.55. The molecule has 0 saturated carbocycles. The maximum Gasteiger partial charge on any atom is 0.204 e. The summed E-state index contributed by atoms with van der Waals surface area (Å²) < 4.78 is 6.95. The van der Waals surface area contributed by atoms with Crippen LogP contribution in [-0.2, 0) is 10.8 Å². The number of pyridine rings is 1. The van der Waals surface area contributed by atoms with Crippen LogP contribution in [0.5, 0.6) is 0 Å². The lowest BCUT2D eigenvalue weighted by Crippen LogP contribution is -2.28. The summed E-state index contributed by atoms with van der Waals surface area (Å²) in [4.78, 5) is 4.45. The molecule has 0 N–H and O–H groups in total. The molecule has 1 unspecified atom stereocenters. The number of aryl methyl sites for hydroxylation is 1. The summed E-state index contributed by atoms with van der Waals surface area (Å²) >= 11 is 3.42. The van der Waals surface area contributed by atoms with Gasteiger partial charge in [-0.3, -0.25) is 4.98 Å². The van der Waals surface area contributed by atoms with Crippen LogP contribution in [0.2, 0.25) is 13.1 Å².